The van der Waals surface area contributed by atoms with E-state index < -0.39 is 0 Å². The van der Waals surface area contributed by atoms with E-state index in [1.165, 1.54) is 6.20 Å². The number of pyridine rings is 1. The summed E-state index contributed by atoms with van der Waals surface area (Å²) in [5.74, 6) is 1.64. The van der Waals surface area contributed by atoms with E-state index in [2.05, 4.69) is 16.4 Å². The van der Waals surface area contributed by atoms with Gasteiger partial charge in [0.05, 0.1) is 37.6 Å². The maximum absolute atomic E-state index is 9.49. The zero-order chi connectivity index (χ0) is 18.7. The first kappa shape index (κ1) is 17.6. The first-order valence-corrected chi connectivity index (χ1v) is 8.05. The highest BCUT2D eigenvalue weighted by molar-refractivity contribution is 6.32. The van der Waals surface area contributed by atoms with Gasteiger partial charge in [0.2, 0.25) is 0 Å². The Morgan fingerprint density at radius 3 is 2.38 bits per heavy atom. The Balaban J connectivity index is 2.18. The quantitative estimate of drug-likeness (QED) is 0.712. The number of hydrogen-bond donors (Lipinski definition) is 1. The number of fused-ring (bicyclic) bond motifs is 1. The molecule has 26 heavy (non-hydrogen) atoms. The molecule has 6 nitrogen and oxygen atoms in total. The highest BCUT2D eigenvalue weighted by Crippen LogP contribution is 2.39. The number of anilines is 2. The summed E-state index contributed by atoms with van der Waals surface area (Å²) in [6.45, 7) is 0. The molecule has 0 aliphatic rings. The Morgan fingerprint density at radius 1 is 1.04 bits per heavy atom. The van der Waals surface area contributed by atoms with Crippen LogP contribution in [0.3, 0.4) is 0 Å². The summed E-state index contributed by atoms with van der Waals surface area (Å²) in [6, 6.07) is 11.1. The summed E-state index contributed by atoms with van der Waals surface area (Å²) in [6.07, 6.45) is 1.50. The number of nitriles is 1. The van der Waals surface area contributed by atoms with Crippen molar-refractivity contribution in [2.45, 2.75) is 0 Å². The number of hydrogen-bond acceptors (Lipinski definition) is 6. The number of aromatic nitrogens is 1. The highest BCUT2D eigenvalue weighted by atomic mass is 35.5. The van der Waals surface area contributed by atoms with Crippen LogP contribution >= 0.6 is 11.6 Å². The third kappa shape index (κ3) is 3.05. The van der Waals surface area contributed by atoms with Crippen molar-refractivity contribution >= 4 is 33.9 Å². The number of benzene rings is 2. The van der Waals surface area contributed by atoms with E-state index >= 15 is 0 Å². The lowest BCUT2D eigenvalue weighted by Gasteiger charge is -2.15. The van der Waals surface area contributed by atoms with Gasteiger partial charge < -0.3 is 19.5 Å². The molecule has 0 bridgehead atoms. The second kappa shape index (κ2) is 7.38. The predicted molar refractivity (Wildman–Crippen MR) is 101 cm³/mol. The smallest absolute Gasteiger partial charge is 0.187 e. The zero-order valence-electron chi connectivity index (χ0n) is 14.5. The van der Waals surface area contributed by atoms with Crippen LogP contribution in [0.1, 0.15) is 5.56 Å². The fourth-order valence-corrected chi connectivity index (χ4v) is 2.94. The van der Waals surface area contributed by atoms with Crippen LogP contribution in [-0.2, 0) is 0 Å². The SMILES string of the molecule is COc1ccc(Nc2c(C#N)cnc3c(OC)c(OC)ccc23)cc1Cl. The summed E-state index contributed by atoms with van der Waals surface area (Å²) in [5.41, 5.74) is 2.32. The van der Waals surface area contributed by atoms with Crippen molar-refractivity contribution in [1.29, 1.82) is 5.26 Å². The van der Waals surface area contributed by atoms with E-state index in [1.807, 2.05) is 12.1 Å². The number of ether oxygens (including phenoxy) is 3. The van der Waals surface area contributed by atoms with Crippen LogP contribution in [0.5, 0.6) is 17.2 Å². The molecule has 1 heterocycles. The first-order chi connectivity index (χ1) is 12.6. The van der Waals surface area contributed by atoms with Crippen molar-refractivity contribution in [3.8, 4) is 23.3 Å². The third-order valence-electron chi connectivity index (χ3n) is 3.92. The Morgan fingerprint density at radius 2 is 1.77 bits per heavy atom. The van der Waals surface area contributed by atoms with Crippen molar-refractivity contribution in [3.05, 3.63) is 47.1 Å². The van der Waals surface area contributed by atoms with E-state index in [-0.39, 0.29) is 0 Å². The van der Waals surface area contributed by atoms with Crippen LogP contribution in [-0.4, -0.2) is 26.3 Å². The second-order valence-electron chi connectivity index (χ2n) is 5.33. The van der Waals surface area contributed by atoms with Gasteiger partial charge in [-0.3, -0.25) is 4.98 Å². The monoisotopic (exact) mass is 369 g/mol. The largest absolute Gasteiger partial charge is 0.495 e. The van der Waals surface area contributed by atoms with Crippen molar-refractivity contribution in [1.82, 2.24) is 4.98 Å². The average Bonchev–Trinajstić information content (AvgIpc) is 2.67. The lowest BCUT2D eigenvalue weighted by atomic mass is 10.1. The molecule has 0 saturated carbocycles. The number of nitrogens with zero attached hydrogens (tertiary/aromatic N) is 2. The molecule has 0 radical (unpaired) electrons. The molecular weight excluding hydrogens is 354 g/mol. The van der Waals surface area contributed by atoms with Crippen molar-refractivity contribution in [3.63, 3.8) is 0 Å². The minimum atomic E-state index is 0.400. The summed E-state index contributed by atoms with van der Waals surface area (Å²) in [4.78, 5) is 4.37. The molecule has 1 aromatic heterocycles. The molecule has 0 atom stereocenters. The number of nitrogens with one attached hydrogen (secondary N) is 1. The third-order valence-corrected chi connectivity index (χ3v) is 4.22. The molecule has 2 aromatic carbocycles. The molecule has 0 aliphatic carbocycles. The Kier molecular flexibility index (Phi) is 5.01. The van der Waals surface area contributed by atoms with E-state index in [0.29, 0.717) is 39.0 Å². The zero-order valence-corrected chi connectivity index (χ0v) is 15.2. The molecule has 0 saturated heterocycles. The van der Waals surface area contributed by atoms with E-state index in [1.54, 1.807) is 39.5 Å². The minimum absolute atomic E-state index is 0.400. The summed E-state index contributed by atoms with van der Waals surface area (Å²) >= 11 is 6.20. The molecule has 3 aromatic rings. The molecule has 1 N–H and O–H groups in total. The molecule has 7 heteroatoms. The molecule has 0 unspecified atom stereocenters. The lowest BCUT2D eigenvalue weighted by molar-refractivity contribution is 0.358. The van der Waals surface area contributed by atoms with Crippen LogP contribution in [0.4, 0.5) is 11.4 Å². The van der Waals surface area contributed by atoms with Gasteiger partial charge in [0, 0.05) is 17.3 Å². The van der Waals surface area contributed by atoms with Gasteiger partial charge in [-0.15, -0.1) is 0 Å². The normalized spacial score (nSPS) is 10.3. The molecular formula is C19H16ClN3O3. The maximum Gasteiger partial charge on any atom is 0.187 e. The topological polar surface area (TPSA) is 76.4 Å². The predicted octanol–water partition coefficient (Wildman–Crippen LogP) is 4.53. The van der Waals surface area contributed by atoms with E-state index in [0.717, 1.165) is 11.1 Å². The van der Waals surface area contributed by atoms with Crippen LogP contribution in [0.2, 0.25) is 5.02 Å². The summed E-state index contributed by atoms with van der Waals surface area (Å²) < 4.78 is 15.9. The van der Waals surface area contributed by atoms with Crippen LogP contribution in [0.25, 0.3) is 10.9 Å². The van der Waals surface area contributed by atoms with Gasteiger partial charge in [0.1, 0.15) is 17.3 Å². The van der Waals surface area contributed by atoms with E-state index in [4.69, 9.17) is 25.8 Å². The fraction of sp³-hybridized carbons (Fsp3) is 0.158. The summed E-state index contributed by atoms with van der Waals surface area (Å²) in [5, 5.41) is 13.9. The van der Waals surface area contributed by atoms with Gasteiger partial charge >= 0.3 is 0 Å². The Hall–Kier alpha value is -3.17. The summed E-state index contributed by atoms with van der Waals surface area (Å²) in [7, 11) is 4.66. The number of rotatable bonds is 5. The van der Waals surface area contributed by atoms with Crippen LogP contribution in [0, 0.1) is 11.3 Å². The van der Waals surface area contributed by atoms with E-state index in [9.17, 15) is 5.26 Å². The van der Waals surface area contributed by atoms with Gasteiger partial charge in [-0.05, 0) is 30.3 Å². The van der Waals surface area contributed by atoms with Gasteiger partial charge in [-0.2, -0.15) is 5.26 Å². The molecule has 0 spiro atoms. The fourth-order valence-electron chi connectivity index (χ4n) is 2.69. The van der Waals surface area contributed by atoms with Crippen molar-refractivity contribution in [2.75, 3.05) is 26.6 Å². The molecule has 0 amide bonds. The van der Waals surface area contributed by atoms with Gasteiger partial charge in [-0.1, -0.05) is 11.6 Å². The molecule has 0 aliphatic heterocycles. The molecule has 0 fully saturated rings. The molecule has 132 valence electrons. The van der Waals surface area contributed by atoms with Gasteiger partial charge in [-0.25, -0.2) is 0 Å². The average molecular weight is 370 g/mol. The maximum atomic E-state index is 9.49. The number of halogens is 1. The second-order valence-corrected chi connectivity index (χ2v) is 5.74. The van der Waals surface area contributed by atoms with Gasteiger partial charge in [0.25, 0.3) is 0 Å². The van der Waals surface area contributed by atoms with Crippen LogP contribution < -0.4 is 19.5 Å². The first-order valence-electron chi connectivity index (χ1n) is 7.67. The van der Waals surface area contributed by atoms with Crippen LogP contribution in [0.15, 0.2) is 36.5 Å². The van der Waals surface area contributed by atoms with Gasteiger partial charge in [0.15, 0.2) is 11.5 Å². The van der Waals surface area contributed by atoms with Crippen molar-refractivity contribution in [2.24, 2.45) is 0 Å². The standard InChI is InChI=1S/C19H16ClN3O3/c1-24-15-6-4-12(8-14(15)20)23-17-11(9-21)10-22-18-13(17)5-7-16(25-2)19(18)26-3/h4-8,10H,1-3H3,(H,22,23). The van der Waals surface area contributed by atoms with Crippen molar-refractivity contribution < 1.29 is 14.2 Å². The lowest BCUT2D eigenvalue weighted by Crippen LogP contribution is -1.99. The Bertz CT molecular complexity index is 1020. The molecule has 3 rings (SSSR count). The minimum Gasteiger partial charge on any atom is -0.495 e. The highest BCUT2D eigenvalue weighted by Gasteiger charge is 2.16. The Labute approximate surface area is 155 Å². The number of methoxy groups -OCH3 is 3.